The van der Waals surface area contributed by atoms with Crippen molar-refractivity contribution < 1.29 is 8.78 Å². The Labute approximate surface area is 77.3 Å². The molecule has 1 aliphatic rings. The Bertz CT molecular complexity index is 130. The Balaban J connectivity index is 2.48. The molecule has 12 heavy (non-hydrogen) atoms. The van der Waals surface area contributed by atoms with Gasteiger partial charge in [0.05, 0.1) is 0 Å². The fourth-order valence-electron chi connectivity index (χ4n) is 2.02. The summed E-state index contributed by atoms with van der Waals surface area (Å²) < 4.78 is 24.4. The van der Waals surface area contributed by atoms with E-state index >= 15 is 0 Å². The molecule has 0 nitrogen and oxygen atoms in total. The maximum absolute atomic E-state index is 12.2. The van der Waals surface area contributed by atoms with Crippen molar-refractivity contribution in [2.75, 3.05) is 5.88 Å². The predicted molar refractivity (Wildman–Crippen MR) is 46.9 cm³/mol. The predicted octanol–water partition coefficient (Wildman–Crippen LogP) is 3.83. The van der Waals surface area contributed by atoms with Gasteiger partial charge in [-0.15, -0.1) is 11.6 Å². The lowest BCUT2D eigenvalue weighted by Crippen LogP contribution is -2.28. The van der Waals surface area contributed by atoms with Crippen molar-refractivity contribution in [3.05, 3.63) is 0 Å². The summed E-state index contributed by atoms with van der Waals surface area (Å²) in [7, 11) is 0. The minimum Gasteiger partial charge on any atom is -0.211 e. The summed E-state index contributed by atoms with van der Waals surface area (Å²) in [6.45, 7) is 0. The van der Waals surface area contributed by atoms with E-state index < -0.39 is 6.43 Å². The second-order valence-corrected chi connectivity index (χ2v) is 4.06. The van der Waals surface area contributed by atoms with Gasteiger partial charge >= 0.3 is 0 Å². The molecule has 0 heterocycles. The Hall–Kier alpha value is 0.150. The van der Waals surface area contributed by atoms with Crippen LogP contribution in [0, 0.1) is 5.41 Å². The molecule has 3 heteroatoms. The van der Waals surface area contributed by atoms with Crippen molar-refractivity contribution in [2.45, 2.75) is 45.0 Å². The molecular formula is C9H15ClF2. The molecule has 0 bridgehead atoms. The standard InChI is InChI=1S/C9H15ClF2/c10-7-9(6-8(11)12)4-2-1-3-5-9/h8H,1-7H2. The second-order valence-electron chi connectivity index (χ2n) is 3.79. The quantitative estimate of drug-likeness (QED) is 0.602. The third-order valence-electron chi connectivity index (χ3n) is 2.79. The zero-order chi connectivity index (χ0) is 9.03. The van der Waals surface area contributed by atoms with E-state index in [1.54, 1.807) is 0 Å². The smallest absolute Gasteiger partial charge is 0.211 e. The first kappa shape index (κ1) is 10.2. The number of alkyl halides is 3. The molecule has 1 aliphatic carbocycles. The number of hydrogen-bond donors (Lipinski definition) is 0. The Morgan fingerprint density at radius 1 is 1.17 bits per heavy atom. The maximum atomic E-state index is 12.2. The lowest BCUT2D eigenvalue weighted by atomic mass is 9.73. The van der Waals surface area contributed by atoms with Crippen molar-refractivity contribution in [3.63, 3.8) is 0 Å². The average molecular weight is 197 g/mol. The molecule has 0 amide bonds. The molecule has 0 spiro atoms. The van der Waals surface area contributed by atoms with Crippen LogP contribution in [-0.4, -0.2) is 12.3 Å². The minimum atomic E-state index is -2.19. The van der Waals surface area contributed by atoms with E-state index in [9.17, 15) is 8.78 Å². The molecule has 0 aromatic heterocycles. The van der Waals surface area contributed by atoms with E-state index in [2.05, 4.69) is 0 Å². The largest absolute Gasteiger partial charge is 0.239 e. The van der Waals surface area contributed by atoms with Gasteiger partial charge in [-0.3, -0.25) is 0 Å². The summed E-state index contributed by atoms with van der Waals surface area (Å²) in [5.41, 5.74) is -0.242. The summed E-state index contributed by atoms with van der Waals surface area (Å²) in [5.74, 6) is 0.400. The minimum absolute atomic E-state index is 0.00347. The van der Waals surface area contributed by atoms with Crippen molar-refractivity contribution in [3.8, 4) is 0 Å². The van der Waals surface area contributed by atoms with Gasteiger partial charge in [0.1, 0.15) is 0 Å². The number of halogens is 3. The highest BCUT2D eigenvalue weighted by Gasteiger charge is 2.33. The number of hydrogen-bond acceptors (Lipinski definition) is 0. The Morgan fingerprint density at radius 2 is 1.75 bits per heavy atom. The van der Waals surface area contributed by atoms with Crippen molar-refractivity contribution in [2.24, 2.45) is 5.41 Å². The maximum Gasteiger partial charge on any atom is 0.239 e. The van der Waals surface area contributed by atoms with E-state index in [1.807, 2.05) is 0 Å². The van der Waals surface area contributed by atoms with Gasteiger partial charge in [0.15, 0.2) is 0 Å². The molecule has 0 unspecified atom stereocenters. The van der Waals surface area contributed by atoms with Gasteiger partial charge in [-0.25, -0.2) is 8.78 Å². The first-order chi connectivity index (χ1) is 5.68. The lowest BCUT2D eigenvalue weighted by molar-refractivity contribution is 0.0613. The zero-order valence-electron chi connectivity index (χ0n) is 7.16. The van der Waals surface area contributed by atoms with Crippen LogP contribution in [-0.2, 0) is 0 Å². The third kappa shape index (κ3) is 2.58. The average Bonchev–Trinajstić information content (AvgIpc) is 2.05. The second kappa shape index (κ2) is 4.40. The molecule has 1 saturated carbocycles. The molecule has 0 aromatic rings. The van der Waals surface area contributed by atoms with Crippen LogP contribution < -0.4 is 0 Å². The first-order valence-corrected chi connectivity index (χ1v) is 5.06. The van der Waals surface area contributed by atoms with Crippen LogP contribution in [0.5, 0.6) is 0 Å². The normalized spacial score (nSPS) is 23.0. The highest BCUT2D eigenvalue weighted by molar-refractivity contribution is 6.18. The van der Waals surface area contributed by atoms with Gasteiger partial charge in [0.25, 0.3) is 0 Å². The Morgan fingerprint density at radius 3 is 2.17 bits per heavy atom. The van der Waals surface area contributed by atoms with Crippen molar-refractivity contribution in [1.82, 2.24) is 0 Å². The SMILES string of the molecule is FC(F)CC1(CCl)CCCCC1. The summed E-state index contributed by atoms with van der Waals surface area (Å²) in [6, 6.07) is 0. The van der Waals surface area contributed by atoms with Crippen molar-refractivity contribution >= 4 is 11.6 Å². The zero-order valence-corrected chi connectivity index (χ0v) is 7.92. The van der Waals surface area contributed by atoms with Gasteiger partial charge in [-0.05, 0) is 18.3 Å². The third-order valence-corrected chi connectivity index (χ3v) is 3.35. The Kier molecular flexibility index (Phi) is 3.76. The highest BCUT2D eigenvalue weighted by Crippen LogP contribution is 2.41. The molecule has 0 atom stereocenters. The first-order valence-electron chi connectivity index (χ1n) is 4.53. The molecule has 0 N–H and O–H groups in total. The van der Waals surface area contributed by atoms with Crippen LogP contribution >= 0.6 is 11.6 Å². The van der Waals surface area contributed by atoms with Gasteiger partial charge in [-0.2, -0.15) is 0 Å². The van der Waals surface area contributed by atoms with Gasteiger partial charge in [-0.1, -0.05) is 19.3 Å². The summed E-state index contributed by atoms with van der Waals surface area (Å²) in [5, 5.41) is 0. The molecule has 0 aromatic carbocycles. The van der Waals surface area contributed by atoms with Gasteiger partial charge in [0.2, 0.25) is 6.43 Å². The van der Waals surface area contributed by atoms with Crippen LogP contribution in [0.3, 0.4) is 0 Å². The summed E-state index contributed by atoms with van der Waals surface area (Å²) in [4.78, 5) is 0. The van der Waals surface area contributed by atoms with Crippen LogP contribution in [0.15, 0.2) is 0 Å². The topological polar surface area (TPSA) is 0 Å². The van der Waals surface area contributed by atoms with E-state index in [1.165, 1.54) is 6.42 Å². The summed E-state index contributed by atoms with van der Waals surface area (Å²) in [6.07, 6.45) is 2.90. The van der Waals surface area contributed by atoms with Crippen LogP contribution in [0.2, 0.25) is 0 Å². The van der Waals surface area contributed by atoms with Crippen LogP contribution in [0.25, 0.3) is 0 Å². The van der Waals surface area contributed by atoms with E-state index in [0.717, 1.165) is 25.7 Å². The summed E-state index contributed by atoms with van der Waals surface area (Å²) >= 11 is 5.75. The van der Waals surface area contributed by atoms with Crippen LogP contribution in [0.4, 0.5) is 8.78 Å². The van der Waals surface area contributed by atoms with Gasteiger partial charge < -0.3 is 0 Å². The van der Waals surface area contributed by atoms with E-state index in [0.29, 0.717) is 5.88 Å². The fourth-order valence-corrected chi connectivity index (χ4v) is 2.40. The lowest BCUT2D eigenvalue weighted by Gasteiger charge is -2.35. The molecule has 72 valence electrons. The number of rotatable bonds is 3. The highest BCUT2D eigenvalue weighted by atomic mass is 35.5. The van der Waals surface area contributed by atoms with E-state index in [4.69, 9.17) is 11.6 Å². The fraction of sp³-hybridized carbons (Fsp3) is 1.00. The molecule has 0 saturated heterocycles. The molecule has 1 fully saturated rings. The van der Waals surface area contributed by atoms with Crippen molar-refractivity contribution in [1.29, 1.82) is 0 Å². The monoisotopic (exact) mass is 196 g/mol. The molecule has 0 radical (unpaired) electrons. The molecular weight excluding hydrogens is 182 g/mol. The van der Waals surface area contributed by atoms with Gasteiger partial charge in [0, 0.05) is 12.3 Å². The van der Waals surface area contributed by atoms with Crippen LogP contribution in [0.1, 0.15) is 38.5 Å². The molecule has 0 aliphatic heterocycles. The molecule has 1 rings (SSSR count). The van der Waals surface area contributed by atoms with E-state index in [-0.39, 0.29) is 11.8 Å².